The molecule has 16 nitrogen and oxygen atoms in total. The first-order valence-electron chi connectivity index (χ1n) is 22.4. The van der Waals surface area contributed by atoms with Crippen LogP contribution in [0.25, 0.3) is 27.8 Å². The van der Waals surface area contributed by atoms with Crippen molar-refractivity contribution in [2.24, 2.45) is 13.0 Å². The molecule has 1 aliphatic carbocycles. The van der Waals surface area contributed by atoms with E-state index in [2.05, 4.69) is 54.1 Å². The normalized spacial score (nSPS) is 20.9. The average molecular weight is 869 g/mol. The molecule has 0 spiro atoms. The molecule has 0 saturated carbocycles. The fourth-order valence-electron chi connectivity index (χ4n) is 10.2. The van der Waals surface area contributed by atoms with Gasteiger partial charge in [-0.1, -0.05) is 19.1 Å². The van der Waals surface area contributed by atoms with Crippen molar-refractivity contribution < 1.29 is 19.1 Å². The number of allylic oxidation sites excluding steroid dienone is 1. The number of rotatable bonds is 11. The van der Waals surface area contributed by atoms with Crippen LogP contribution >= 0.6 is 0 Å². The summed E-state index contributed by atoms with van der Waals surface area (Å²) in [6, 6.07) is 15.4. The molecule has 7 heterocycles. The highest BCUT2D eigenvalue weighted by molar-refractivity contribution is 6.02. The molecule has 64 heavy (non-hydrogen) atoms. The van der Waals surface area contributed by atoms with Crippen molar-refractivity contribution in [3.8, 4) is 5.82 Å². The molecule has 4 aliphatic rings. The van der Waals surface area contributed by atoms with Crippen molar-refractivity contribution in [1.29, 1.82) is 0 Å². The van der Waals surface area contributed by atoms with Crippen LogP contribution in [0.4, 0.5) is 27.4 Å². The lowest BCUT2D eigenvalue weighted by molar-refractivity contribution is -0.134. The van der Waals surface area contributed by atoms with Crippen molar-refractivity contribution in [2.75, 3.05) is 60.9 Å². The SMILES string of the molecule is C=CCn1c(=O)c2cnc(Nc3ccc(N4CCN(CC5CCN(c6cc7c(cc6F)c(C6CCC(=O)NC6=O)nn7C)CC5)CC4)cc3)nc2n1-c1ccc2c(n1)[C@@](O)(CC)CC2. The Morgan fingerprint density at radius 2 is 1.73 bits per heavy atom. The van der Waals surface area contributed by atoms with Crippen molar-refractivity contribution >= 4 is 56.8 Å². The van der Waals surface area contributed by atoms with Gasteiger partial charge in [0.2, 0.25) is 17.8 Å². The van der Waals surface area contributed by atoms with Crippen LogP contribution in [0.1, 0.15) is 68.3 Å². The third kappa shape index (κ3) is 7.49. The highest BCUT2D eigenvalue weighted by atomic mass is 19.1. The lowest BCUT2D eigenvalue weighted by Gasteiger charge is -2.40. The topological polar surface area (TPSA) is 172 Å². The second-order valence-electron chi connectivity index (χ2n) is 17.7. The number of hydrogen-bond donors (Lipinski definition) is 3. The Balaban J connectivity index is 0.750. The molecule has 3 saturated heterocycles. The number of nitrogens with zero attached hydrogens (tertiary/aromatic N) is 10. The van der Waals surface area contributed by atoms with E-state index in [-0.39, 0.29) is 36.2 Å². The Kier molecular flexibility index (Phi) is 10.8. The number of aryl methyl sites for hydroxylation is 2. The number of benzene rings is 2. The van der Waals surface area contributed by atoms with E-state index in [0.717, 1.165) is 87.5 Å². The van der Waals surface area contributed by atoms with E-state index in [4.69, 9.17) is 9.97 Å². The highest BCUT2D eigenvalue weighted by Crippen LogP contribution is 2.39. The third-order valence-electron chi connectivity index (χ3n) is 13.8. The summed E-state index contributed by atoms with van der Waals surface area (Å²) >= 11 is 0. The number of hydrogen-bond acceptors (Lipinski definition) is 12. The largest absolute Gasteiger partial charge is 0.384 e. The fraction of sp³-hybridized carbons (Fsp3) is 0.426. The average Bonchev–Trinajstić information content (AvgIpc) is 3.91. The molecule has 0 radical (unpaired) electrons. The van der Waals surface area contributed by atoms with Gasteiger partial charge in [-0.05, 0) is 92.5 Å². The number of carbonyl (C=O) groups is 2. The van der Waals surface area contributed by atoms with Crippen molar-refractivity contribution in [2.45, 2.75) is 69.9 Å². The third-order valence-corrected chi connectivity index (χ3v) is 13.8. The predicted octanol–water partition coefficient (Wildman–Crippen LogP) is 5.04. The Labute approximate surface area is 369 Å². The number of carbonyl (C=O) groups excluding carboxylic acids is 2. The molecule has 17 heteroatoms. The van der Waals surface area contributed by atoms with Gasteiger partial charge in [0.05, 0.1) is 35.1 Å². The zero-order valence-corrected chi connectivity index (χ0v) is 36.3. The molecule has 3 aliphatic heterocycles. The number of fused-ring (bicyclic) bond motifs is 3. The Hall–Kier alpha value is -6.46. The molecule has 1 unspecified atom stereocenters. The van der Waals surface area contributed by atoms with Crippen LogP contribution in [0.15, 0.2) is 72.2 Å². The van der Waals surface area contributed by atoms with Gasteiger partial charge in [0.25, 0.3) is 5.56 Å². The first-order valence-corrected chi connectivity index (χ1v) is 22.4. The molecule has 332 valence electrons. The maximum atomic E-state index is 15.7. The second kappa shape index (κ2) is 16.6. The highest BCUT2D eigenvalue weighted by Gasteiger charge is 2.37. The van der Waals surface area contributed by atoms with Crippen LogP contribution in [0, 0.1) is 11.7 Å². The van der Waals surface area contributed by atoms with E-state index in [9.17, 15) is 19.5 Å². The van der Waals surface area contributed by atoms with E-state index < -0.39 is 11.5 Å². The fourth-order valence-corrected chi connectivity index (χ4v) is 10.2. The van der Waals surface area contributed by atoms with Crippen LogP contribution < -0.4 is 26.0 Å². The number of nitrogens with one attached hydrogen (secondary N) is 2. The molecule has 10 rings (SSSR count). The number of aliphatic hydroxyl groups is 1. The quantitative estimate of drug-likeness (QED) is 0.117. The number of amides is 2. The summed E-state index contributed by atoms with van der Waals surface area (Å²) in [5.74, 6) is -0.188. The number of anilines is 4. The van der Waals surface area contributed by atoms with E-state index in [1.807, 2.05) is 44.3 Å². The summed E-state index contributed by atoms with van der Waals surface area (Å²) in [5, 5.41) is 22.6. The van der Waals surface area contributed by atoms with Crippen molar-refractivity contribution in [3.63, 3.8) is 0 Å². The van der Waals surface area contributed by atoms with Gasteiger partial charge in [0.1, 0.15) is 16.8 Å². The van der Waals surface area contributed by atoms with Crippen LogP contribution in [0.5, 0.6) is 0 Å². The maximum absolute atomic E-state index is 15.7. The number of piperazine rings is 1. The first-order chi connectivity index (χ1) is 31.0. The van der Waals surface area contributed by atoms with Gasteiger partial charge in [0, 0.05) is 82.2 Å². The minimum absolute atomic E-state index is 0.243. The first kappa shape index (κ1) is 41.5. The maximum Gasteiger partial charge on any atom is 0.278 e. The predicted molar refractivity (Wildman–Crippen MR) is 243 cm³/mol. The smallest absolute Gasteiger partial charge is 0.278 e. The Morgan fingerprint density at radius 3 is 2.47 bits per heavy atom. The van der Waals surface area contributed by atoms with Gasteiger partial charge in [-0.3, -0.25) is 29.3 Å². The van der Waals surface area contributed by atoms with Crippen molar-refractivity contribution in [1.82, 2.24) is 44.3 Å². The second-order valence-corrected chi connectivity index (χ2v) is 17.7. The summed E-state index contributed by atoms with van der Waals surface area (Å²) in [5.41, 5.74) is 4.63. The number of imide groups is 1. The van der Waals surface area contributed by atoms with Crippen LogP contribution in [0.2, 0.25) is 0 Å². The minimum Gasteiger partial charge on any atom is -0.384 e. The van der Waals surface area contributed by atoms with Gasteiger partial charge < -0.3 is 20.2 Å². The van der Waals surface area contributed by atoms with Gasteiger partial charge in [0.15, 0.2) is 11.5 Å². The molecule has 0 bridgehead atoms. The summed E-state index contributed by atoms with van der Waals surface area (Å²) in [6.45, 7) is 12.3. The van der Waals surface area contributed by atoms with Crippen molar-refractivity contribution in [3.05, 3.63) is 101 Å². The summed E-state index contributed by atoms with van der Waals surface area (Å²) < 4.78 is 20.7. The van der Waals surface area contributed by atoms with Crippen LogP contribution in [0.3, 0.4) is 0 Å². The number of halogens is 1. The number of aromatic nitrogens is 7. The van der Waals surface area contributed by atoms with Crippen LogP contribution in [-0.4, -0.2) is 102 Å². The molecule has 2 amide bonds. The zero-order chi connectivity index (χ0) is 44.3. The summed E-state index contributed by atoms with van der Waals surface area (Å²) in [4.78, 5) is 59.1. The number of pyridine rings is 1. The molecule has 3 fully saturated rings. The molecule has 4 aromatic heterocycles. The lowest BCUT2D eigenvalue weighted by atomic mass is 9.92. The molecule has 3 N–H and O–H groups in total. The van der Waals surface area contributed by atoms with E-state index in [1.54, 1.807) is 26.3 Å². The minimum atomic E-state index is -1.00. The molecule has 2 aromatic carbocycles. The van der Waals surface area contributed by atoms with E-state index >= 15 is 4.39 Å². The van der Waals surface area contributed by atoms with Crippen LogP contribution in [-0.2, 0) is 35.2 Å². The molecular formula is C47H53FN12O4. The monoisotopic (exact) mass is 868 g/mol. The van der Waals surface area contributed by atoms with E-state index in [0.29, 0.717) is 70.4 Å². The Morgan fingerprint density at radius 1 is 0.953 bits per heavy atom. The van der Waals surface area contributed by atoms with Gasteiger partial charge in [-0.2, -0.15) is 10.1 Å². The zero-order valence-electron chi connectivity index (χ0n) is 36.3. The standard InChI is InChI=1S/C47H53FN12O4/c1-4-18-59-45(63)35-27-49-46(53-43(35)60(59)39-12-6-30-14-17-47(64,5-2)42(30)51-39)50-31-7-9-32(10-8-31)57-23-21-56(22-24-57)28-29-15-19-58(20-16-29)38-26-37-34(25-36(38)48)41(54-55(37)3)33-11-13-40(61)52-44(33)62/h4,6-10,12,25-27,29,33,64H,1,5,11,13-24,28H2,2-3H3,(H,49,50,53)(H,52,61,62)/t33?,47-/m1/s1. The lowest BCUT2D eigenvalue weighted by Crippen LogP contribution is -2.49. The number of piperidine rings is 2. The molecule has 2 atom stereocenters. The Bertz CT molecular complexity index is 2850. The van der Waals surface area contributed by atoms with E-state index in [1.165, 1.54) is 6.07 Å². The van der Waals surface area contributed by atoms with Gasteiger partial charge >= 0.3 is 0 Å². The molecule has 6 aromatic rings. The van der Waals surface area contributed by atoms with Gasteiger partial charge in [-0.25, -0.2) is 23.7 Å². The summed E-state index contributed by atoms with van der Waals surface area (Å²) in [6.07, 6.45) is 7.68. The van der Waals surface area contributed by atoms with Gasteiger partial charge in [-0.15, -0.1) is 6.58 Å². The summed E-state index contributed by atoms with van der Waals surface area (Å²) in [7, 11) is 1.81. The molecular weight excluding hydrogens is 816 g/mol.